The number of fused-ring (bicyclic) bond motifs is 2. The van der Waals surface area contributed by atoms with Gasteiger partial charge in [-0.2, -0.15) is 0 Å². The highest BCUT2D eigenvalue weighted by atomic mass is 14.8. The Balaban J connectivity index is 0.000000186. The van der Waals surface area contributed by atoms with E-state index in [-0.39, 0.29) is 0 Å². The van der Waals surface area contributed by atoms with E-state index in [4.69, 9.17) is 11.5 Å². The number of anilines is 2. The van der Waals surface area contributed by atoms with Crippen molar-refractivity contribution < 1.29 is 0 Å². The fraction of sp³-hybridized carbons (Fsp3) is 0.250. The zero-order valence-electron chi connectivity index (χ0n) is 17.4. The van der Waals surface area contributed by atoms with E-state index >= 15 is 0 Å². The van der Waals surface area contributed by atoms with Crippen molar-refractivity contribution in [3.63, 3.8) is 0 Å². The van der Waals surface area contributed by atoms with Gasteiger partial charge in [-0.05, 0) is 41.3 Å². The van der Waals surface area contributed by atoms with Crippen molar-refractivity contribution in [1.82, 2.24) is 9.97 Å². The van der Waals surface area contributed by atoms with Crippen molar-refractivity contribution in [2.24, 2.45) is 0 Å². The van der Waals surface area contributed by atoms with E-state index in [1.807, 2.05) is 50.2 Å². The highest BCUT2D eigenvalue weighted by molar-refractivity contribution is 5.93. The fourth-order valence-corrected chi connectivity index (χ4v) is 3.08. The molecule has 4 heteroatoms. The number of aromatic nitrogens is 2. The molecule has 4 aromatic rings. The minimum Gasteiger partial charge on any atom is -0.383 e. The Labute approximate surface area is 167 Å². The first-order valence-corrected chi connectivity index (χ1v) is 9.71. The number of benzene rings is 2. The van der Waals surface area contributed by atoms with E-state index < -0.39 is 0 Å². The second-order valence-corrected chi connectivity index (χ2v) is 6.71. The van der Waals surface area contributed by atoms with Crippen LogP contribution in [0.25, 0.3) is 21.5 Å². The van der Waals surface area contributed by atoms with Crippen LogP contribution >= 0.6 is 0 Å². The summed E-state index contributed by atoms with van der Waals surface area (Å²) < 4.78 is 0. The van der Waals surface area contributed by atoms with E-state index in [9.17, 15) is 0 Å². The number of pyridine rings is 2. The Morgan fingerprint density at radius 3 is 2.07 bits per heavy atom. The average molecular weight is 375 g/mol. The molecular formula is C24H30N4. The van der Waals surface area contributed by atoms with E-state index in [1.54, 1.807) is 12.4 Å². The Morgan fingerprint density at radius 2 is 1.39 bits per heavy atom. The first-order valence-electron chi connectivity index (χ1n) is 9.71. The average Bonchev–Trinajstić information content (AvgIpc) is 2.70. The van der Waals surface area contributed by atoms with Crippen LogP contribution in [0.4, 0.5) is 11.6 Å². The van der Waals surface area contributed by atoms with Crippen LogP contribution < -0.4 is 11.5 Å². The molecule has 0 aliphatic carbocycles. The second kappa shape index (κ2) is 9.70. The molecule has 0 atom stereocenters. The van der Waals surface area contributed by atoms with E-state index in [0.717, 1.165) is 16.2 Å². The molecule has 146 valence electrons. The summed E-state index contributed by atoms with van der Waals surface area (Å²) in [7, 11) is 0. The van der Waals surface area contributed by atoms with Crippen molar-refractivity contribution in [2.75, 3.05) is 11.5 Å². The van der Waals surface area contributed by atoms with Gasteiger partial charge in [0.2, 0.25) is 0 Å². The summed E-state index contributed by atoms with van der Waals surface area (Å²) in [4.78, 5) is 8.10. The van der Waals surface area contributed by atoms with Crippen LogP contribution in [0, 0.1) is 6.92 Å². The fourth-order valence-electron chi connectivity index (χ4n) is 3.08. The molecule has 4 rings (SSSR count). The summed E-state index contributed by atoms with van der Waals surface area (Å²) in [6.45, 7) is 10.4. The van der Waals surface area contributed by atoms with Crippen LogP contribution in [-0.4, -0.2) is 9.97 Å². The minimum absolute atomic E-state index is 0.514. The minimum atomic E-state index is 0.514. The maximum absolute atomic E-state index is 5.81. The van der Waals surface area contributed by atoms with Crippen molar-refractivity contribution >= 4 is 33.2 Å². The topological polar surface area (TPSA) is 77.8 Å². The van der Waals surface area contributed by atoms with Gasteiger partial charge in [0.05, 0.1) is 0 Å². The van der Waals surface area contributed by atoms with Crippen LogP contribution in [0.2, 0.25) is 0 Å². The monoisotopic (exact) mass is 374 g/mol. The van der Waals surface area contributed by atoms with E-state index in [2.05, 4.69) is 42.9 Å². The van der Waals surface area contributed by atoms with Gasteiger partial charge in [0.1, 0.15) is 11.6 Å². The number of nitrogens with zero attached hydrogens (tertiary/aromatic N) is 2. The molecule has 28 heavy (non-hydrogen) atoms. The van der Waals surface area contributed by atoms with Gasteiger partial charge in [-0.25, -0.2) is 9.97 Å². The number of hydrogen-bond acceptors (Lipinski definition) is 4. The summed E-state index contributed by atoms with van der Waals surface area (Å²) in [5, 5.41) is 4.46. The summed E-state index contributed by atoms with van der Waals surface area (Å²) in [6.07, 6.45) is 3.50. The quantitative estimate of drug-likeness (QED) is 0.422. The number of aryl methyl sites for hydroxylation is 1. The summed E-state index contributed by atoms with van der Waals surface area (Å²) in [5.74, 6) is 1.73. The van der Waals surface area contributed by atoms with Gasteiger partial charge >= 0.3 is 0 Å². The Hall–Kier alpha value is -3.14. The third-order valence-electron chi connectivity index (χ3n) is 4.44. The van der Waals surface area contributed by atoms with Crippen LogP contribution in [0.5, 0.6) is 0 Å². The number of rotatable bonds is 1. The molecule has 0 aliphatic rings. The van der Waals surface area contributed by atoms with Crippen molar-refractivity contribution in [1.29, 1.82) is 0 Å². The van der Waals surface area contributed by atoms with Gasteiger partial charge < -0.3 is 11.5 Å². The van der Waals surface area contributed by atoms with Gasteiger partial charge in [0.25, 0.3) is 0 Å². The molecule has 4 nitrogen and oxygen atoms in total. The van der Waals surface area contributed by atoms with Crippen molar-refractivity contribution in [3.8, 4) is 0 Å². The highest BCUT2D eigenvalue weighted by Gasteiger charge is 2.06. The Bertz CT molecular complexity index is 1050. The number of nitrogens with two attached hydrogens (primary N) is 2. The molecule has 0 spiro atoms. The SMILES string of the molecule is CC.CC(C)c1cccc2c(N)nccc12.Cc1ccc2c(N)nccc2c1. The van der Waals surface area contributed by atoms with Crippen LogP contribution in [-0.2, 0) is 0 Å². The molecule has 2 aromatic carbocycles. The molecule has 0 radical (unpaired) electrons. The Kier molecular flexibility index (Phi) is 7.33. The lowest BCUT2D eigenvalue weighted by Crippen LogP contribution is -1.94. The van der Waals surface area contributed by atoms with Crippen LogP contribution in [0.1, 0.15) is 44.7 Å². The Morgan fingerprint density at radius 1 is 0.750 bits per heavy atom. The summed E-state index contributed by atoms with van der Waals surface area (Å²) >= 11 is 0. The molecule has 0 bridgehead atoms. The highest BCUT2D eigenvalue weighted by Crippen LogP contribution is 2.27. The first-order chi connectivity index (χ1) is 13.5. The van der Waals surface area contributed by atoms with Gasteiger partial charge in [0, 0.05) is 23.2 Å². The molecule has 0 saturated carbocycles. The summed E-state index contributed by atoms with van der Waals surface area (Å²) in [5.41, 5.74) is 14.1. The lowest BCUT2D eigenvalue weighted by atomic mass is 9.97. The number of hydrogen-bond donors (Lipinski definition) is 2. The largest absolute Gasteiger partial charge is 0.383 e. The zero-order chi connectivity index (χ0) is 20.7. The maximum atomic E-state index is 5.81. The zero-order valence-corrected chi connectivity index (χ0v) is 17.4. The van der Waals surface area contributed by atoms with Crippen molar-refractivity contribution in [2.45, 2.75) is 40.5 Å². The second-order valence-electron chi connectivity index (χ2n) is 6.71. The lowest BCUT2D eigenvalue weighted by Gasteiger charge is -2.10. The summed E-state index contributed by atoms with van der Waals surface area (Å²) in [6, 6.07) is 16.4. The predicted molar refractivity (Wildman–Crippen MR) is 122 cm³/mol. The van der Waals surface area contributed by atoms with Gasteiger partial charge in [-0.1, -0.05) is 69.7 Å². The number of nitrogen functional groups attached to an aromatic ring is 2. The van der Waals surface area contributed by atoms with Gasteiger partial charge in [-0.3, -0.25) is 0 Å². The molecule has 0 saturated heterocycles. The smallest absolute Gasteiger partial charge is 0.131 e. The van der Waals surface area contributed by atoms with Crippen LogP contribution in [0.3, 0.4) is 0 Å². The maximum Gasteiger partial charge on any atom is 0.131 e. The molecular weight excluding hydrogens is 344 g/mol. The lowest BCUT2D eigenvalue weighted by molar-refractivity contribution is 0.876. The standard InChI is InChI=1S/C12H14N2.C10H10N2.C2H6/c1-8(2)9-4-3-5-11-10(9)6-7-14-12(11)13;1-7-2-3-9-8(6-7)4-5-12-10(9)11;1-2/h3-8H,1-2H3,(H2,13,14);2-6H,1H3,(H2,11,12);1-2H3. The molecule has 4 N–H and O–H groups in total. The first kappa shape index (κ1) is 21.2. The third kappa shape index (κ3) is 4.77. The van der Waals surface area contributed by atoms with Crippen LogP contribution in [0.15, 0.2) is 60.9 Å². The van der Waals surface area contributed by atoms with Gasteiger partial charge in [-0.15, -0.1) is 0 Å². The van der Waals surface area contributed by atoms with Crippen molar-refractivity contribution in [3.05, 3.63) is 72.1 Å². The molecule has 0 aliphatic heterocycles. The molecule has 2 aromatic heterocycles. The predicted octanol–water partition coefficient (Wildman–Crippen LogP) is 6.09. The molecule has 0 amide bonds. The molecule has 0 unspecified atom stereocenters. The molecule has 2 heterocycles. The van der Waals surface area contributed by atoms with E-state index in [0.29, 0.717) is 17.6 Å². The molecule has 0 fully saturated rings. The van der Waals surface area contributed by atoms with E-state index in [1.165, 1.54) is 16.5 Å². The normalized spacial score (nSPS) is 10.2. The van der Waals surface area contributed by atoms with Gasteiger partial charge in [0.15, 0.2) is 0 Å². The third-order valence-corrected chi connectivity index (χ3v) is 4.44.